The number of hydrogen-bond donors (Lipinski definition) is 1. The van der Waals surface area contributed by atoms with E-state index in [0.29, 0.717) is 19.1 Å². The standard InChI is InChI=1S/C11H23N3O/c1-10(2)14-8-4-7-13(6-3-5-12)9-11(14)15/h10H,3-9,12H2,1-2H3. The van der Waals surface area contributed by atoms with Gasteiger partial charge in [-0.25, -0.2) is 0 Å². The minimum atomic E-state index is 0.263. The molecule has 1 rings (SSSR count). The van der Waals surface area contributed by atoms with Crippen LogP contribution in [0.25, 0.3) is 0 Å². The van der Waals surface area contributed by atoms with Crippen LogP contribution in [0.4, 0.5) is 0 Å². The Hall–Kier alpha value is -0.610. The molecule has 1 saturated heterocycles. The second kappa shape index (κ2) is 6.08. The number of nitrogens with zero attached hydrogens (tertiary/aromatic N) is 2. The van der Waals surface area contributed by atoms with Crippen LogP contribution in [0.5, 0.6) is 0 Å². The zero-order valence-corrected chi connectivity index (χ0v) is 9.91. The molecule has 0 atom stereocenters. The molecule has 0 aromatic rings. The number of carbonyl (C=O) groups excluding carboxylic acids is 1. The maximum atomic E-state index is 11.9. The van der Waals surface area contributed by atoms with Gasteiger partial charge in [-0.2, -0.15) is 0 Å². The summed E-state index contributed by atoms with van der Waals surface area (Å²) in [6.45, 7) is 8.30. The second-order valence-corrected chi connectivity index (χ2v) is 4.45. The molecule has 15 heavy (non-hydrogen) atoms. The number of carbonyl (C=O) groups is 1. The largest absolute Gasteiger partial charge is 0.339 e. The molecule has 2 N–H and O–H groups in total. The lowest BCUT2D eigenvalue weighted by Crippen LogP contribution is -2.40. The van der Waals surface area contributed by atoms with Crippen molar-refractivity contribution < 1.29 is 4.79 Å². The summed E-state index contributed by atoms with van der Waals surface area (Å²) in [7, 11) is 0. The zero-order valence-electron chi connectivity index (χ0n) is 9.91. The van der Waals surface area contributed by atoms with E-state index in [1.54, 1.807) is 0 Å². The Morgan fingerprint density at radius 1 is 1.40 bits per heavy atom. The first kappa shape index (κ1) is 12.5. The van der Waals surface area contributed by atoms with Crippen molar-refractivity contribution in [1.29, 1.82) is 0 Å². The van der Waals surface area contributed by atoms with Crippen LogP contribution >= 0.6 is 0 Å². The summed E-state index contributed by atoms with van der Waals surface area (Å²) in [5, 5.41) is 0. The van der Waals surface area contributed by atoms with E-state index in [1.165, 1.54) is 0 Å². The fourth-order valence-corrected chi connectivity index (χ4v) is 2.00. The molecule has 1 aliphatic rings. The molecule has 1 heterocycles. The highest BCUT2D eigenvalue weighted by molar-refractivity contribution is 5.78. The molecule has 0 aliphatic carbocycles. The van der Waals surface area contributed by atoms with E-state index >= 15 is 0 Å². The van der Waals surface area contributed by atoms with Crippen molar-refractivity contribution in [2.24, 2.45) is 5.73 Å². The molecule has 0 aromatic heterocycles. The van der Waals surface area contributed by atoms with Gasteiger partial charge in [-0.3, -0.25) is 9.69 Å². The van der Waals surface area contributed by atoms with E-state index < -0.39 is 0 Å². The van der Waals surface area contributed by atoms with Crippen LogP contribution in [0.1, 0.15) is 26.7 Å². The predicted octanol–water partition coefficient (Wildman–Crippen LogP) is 0.278. The Bertz CT molecular complexity index is 206. The molecule has 1 amide bonds. The first-order valence-corrected chi connectivity index (χ1v) is 5.87. The van der Waals surface area contributed by atoms with Crippen molar-refractivity contribution in [3.8, 4) is 0 Å². The highest BCUT2D eigenvalue weighted by Gasteiger charge is 2.22. The Balaban J connectivity index is 2.46. The van der Waals surface area contributed by atoms with Crippen LogP contribution < -0.4 is 5.73 Å². The molecule has 4 heteroatoms. The Kier molecular flexibility index (Phi) is 5.05. The summed E-state index contributed by atoms with van der Waals surface area (Å²) < 4.78 is 0. The second-order valence-electron chi connectivity index (χ2n) is 4.45. The smallest absolute Gasteiger partial charge is 0.236 e. The molecule has 0 spiro atoms. The van der Waals surface area contributed by atoms with Gasteiger partial charge in [0.1, 0.15) is 0 Å². The topological polar surface area (TPSA) is 49.6 Å². The zero-order chi connectivity index (χ0) is 11.3. The van der Waals surface area contributed by atoms with E-state index in [4.69, 9.17) is 5.73 Å². The van der Waals surface area contributed by atoms with Gasteiger partial charge in [0.2, 0.25) is 5.91 Å². The van der Waals surface area contributed by atoms with Gasteiger partial charge < -0.3 is 10.6 Å². The molecule has 0 radical (unpaired) electrons. The molecular formula is C11H23N3O. The summed E-state index contributed by atoms with van der Waals surface area (Å²) in [5.41, 5.74) is 5.47. The number of amides is 1. The molecule has 0 unspecified atom stereocenters. The first-order chi connectivity index (χ1) is 7.15. The first-order valence-electron chi connectivity index (χ1n) is 5.87. The van der Waals surface area contributed by atoms with E-state index in [9.17, 15) is 4.79 Å². The fourth-order valence-electron chi connectivity index (χ4n) is 2.00. The lowest BCUT2D eigenvalue weighted by molar-refractivity contribution is -0.132. The minimum absolute atomic E-state index is 0.263. The quantitative estimate of drug-likeness (QED) is 0.729. The Morgan fingerprint density at radius 3 is 2.73 bits per heavy atom. The van der Waals surface area contributed by atoms with Gasteiger partial charge >= 0.3 is 0 Å². The van der Waals surface area contributed by atoms with Gasteiger partial charge in [-0.05, 0) is 39.8 Å². The lowest BCUT2D eigenvalue weighted by atomic mass is 10.3. The Labute approximate surface area is 92.4 Å². The summed E-state index contributed by atoms with van der Waals surface area (Å²) in [6, 6.07) is 0.326. The van der Waals surface area contributed by atoms with E-state index in [-0.39, 0.29) is 5.91 Å². The maximum absolute atomic E-state index is 11.9. The van der Waals surface area contributed by atoms with Crippen molar-refractivity contribution in [2.75, 3.05) is 32.7 Å². The third-order valence-electron chi connectivity index (χ3n) is 2.85. The number of hydrogen-bond acceptors (Lipinski definition) is 3. The van der Waals surface area contributed by atoms with Crippen molar-refractivity contribution in [1.82, 2.24) is 9.80 Å². The molecule has 1 aliphatic heterocycles. The van der Waals surface area contributed by atoms with Crippen LogP contribution in [-0.2, 0) is 4.79 Å². The van der Waals surface area contributed by atoms with Crippen LogP contribution in [0, 0.1) is 0 Å². The van der Waals surface area contributed by atoms with Crippen molar-refractivity contribution >= 4 is 5.91 Å². The summed E-state index contributed by atoms with van der Waals surface area (Å²) in [4.78, 5) is 16.1. The van der Waals surface area contributed by atoms with E-state index in [1.807, 2.05) is 4.90 Å². The highest BCUT2D eigenvalue weighted by atomic mass is 16.2. The van der Waals surface area contributed by atoms with Gasteiger partial charge in [0, 0.05) is 19.1 Å². The molecular weight excluding hydrogens is 190 g/mol. The average Bonchev–Trinajstić information content (AvgIpc) is 2.36. The lowest BCUT2D eigenvalue weighted by Gasteiger charge is -2.25. The molecule has 1 fully saturated rings. The summed E-state index contributed by atoms with van der Waals surface area (Å²) >= 11 is 0. The summed E-state index contributed by atoms with van der Waals surface area (Å²) in [5.74, 6) is 0.263. The maximum Gasteiger partial charge on any atom is 0.236 e. The number of nitrogens with two attached hydrogens (primary N) is 1. The van der Waals surface area contributed by atoms with Gasteiger partial charge in [0.05, 0.1) is 6.54 Å². The third-order valence-corrected chi connectivity index (χ3v) is 2.85. The van der Waals surface area contributed by atoms with Crippen LogP contribution in [-0.4, -0.2) is 54.5 Å². The average molecular weight is 213 g/mol. The predicted molar refractivity (Wildman–Crippen MR) is 61.6 cm³/mol. The van der Waals surface area contributed by atoms with Gasteiger partial charge in [0.25, 0.3) is 0 Å². The summed E-state index contributed by atoms with van der Waals surface area (Å²) in [6.07, 6.45) is 2.06. The van der Waals surface area contributed by atoms with Crippen LogP contribution in [0.15, 0.2) is 0 Å². The van der Waals surface area contributed by atoms with E-state index in [0.717, 1.165) is 32.5 Å². The van der Waals surface area contributed by atoms with E-state index in [2.05, 4.69) is 18.7 Å². The molecule has 88 valence electrons. The Morgan fingerprint density at radius 2 is 2.13 bits per heavy atom. The highest BCUT2D eigenvalue weighted by Crippen LogP contribution is 2.08. The fraction of sp³-hybridized carbons (Fsp3) is 0.909. The third kappa shape index (κ3) is 3.80. The molecule has 4 nitrogen and oxygen atoms in total. The minimum Gasteiger partial charge on any atom is -0.339 e. The van der Waals surface area contributed by atoms with Crippen molar-refractivity contribution in [3.05, 3.63) is 0 Å². The van der Waals surface area contributed by atoms with Crippen LogP contribution in [0.3, 0.4) is 0 Å². The SMILES string of the molecule is CC(C)N1CCCN(CCCN)CC1=O. The van der Waals surface area contributed by atoms with Crippen molar-refractivity contribution in [2.45, 2.75) is 32.7 Å². The molecule has 0 saturated carbocycles. The van der Waals surface area contributed by atoms with Gasteiger partial charge in [0.15, 0.2) is 0 Å². The van der Waals surface area contributed by atoms with Gasteiger partial charge in [-0.15, -0.1) is 0 Å². The normalized spacial score (nSPS) is 19.7. The number of rotatable bonds is 4. The molecule has 0 bridgehead atoms. The molecule has 0 aromatic carbocycles. The van der Waals surface area contributed by atoms with Crippen molar-refractivity contribution in [3.63, 3.8) is 0 Å². The monoisotopic (exact) mass is 213 g/mol. The van der Waals surface area contributed by atoms with Gasteiger partial charge in [-0.1, -0.05) is 0 Å². The van der Waals surface area contributed by atoms with Crippen LogP contribution in [0.2, 0.25) is 0 Å².